The lowest BCUT2D eigenvalue weighted by Gasteiger charge is -2.33. The van der Waals surface area contributed by atoms with Gasteiger partial charge in [-0.05, 0) is 39.8 Å². The van der Waals surface area contributed by atoms with Crippen LogP contribution in [0.25, 0.3) is 0 Å². The van der Waals surface area contributed by atoms with Crippen molar-refractivity contribution < 1.29 is 9.90 Å². The average Bonchev–Trinajstić information content (AvgIpc) is 2.78. The second-order valence-electron chi connectivity index (χ2n) is 5.23. The number of aromatic nitrogens is 3. The van der Waals surface area contributed by atoms with E-state index in [0.29, 0.717) is 19.3 Å². The van der Waals surface area contributed by atoms with Gasteiger partial charge in [0.15, 0.2) is 0 Å². The Kier molecular flexibility index (Phi) is 3.65. The van der Waals surface area contributed by atoms with E-state index < -0.39 is 11.4 Å². The minimum Gasteiger partial charge on any atom is -0.481 e. The molecule has 0 aromatic carbocycles. The summed E-state index contributed by atoms with van der Waals surface area (Å²) in [7, 11) is 0. The van der Waals surface area contributed by atoms with E-state index >= 15 is 0 Å². The van der Waals surface area contributed by atoms with Gasteiger partial charge in [0, 0.05) is 12.5 Å². The summed E-state index contributed by atoms with van der Waals surface area (Å²) in [6.07, 6.45) is 3.26. The molecule has 0 radical (unpaired) electrons. The van der Waals surface area contributed by atoms with Crippen molar-refractivity contribution in [2.24, 2.45) is 5.41 Å². The normalized spacial score (nSPS) is 19.1. The molecule has 0 saturated carbocycles. The van der Waals surface area contributed by atoms with E-state index in [2.05, 4.69) is 15.4 Å². The van der Waals surface area contributed by atoms with Crippen LogP contribution in [0.1, 0.15) is 38.6 Å². The Hall–Kier alpha value is -1.43. The molecular formula is C12H20N4O2. The van der Waals surface area contributed by atoms with Crippen LogP contribution in [0.5, 0.6) is 0 Å². The molecule has 1 aliphatic rings. The Balaban J connectivity index is 2.23. The number of nitrogens with one attached hydrogen (secondary N) is 1. The standard InChI is InChI=1S/C12H20N4O2/c1-9(2)16-10(14-8-15-16)7-12(11(17)18)3-5-13-6-4-12/h8-9,13H,3-7H2,1-2H3,(H,17,18). The van der Waals surface area contributed by atoms with Gasteiger partial charge < -0.3 is 10.4 Å². The molecule has 0 bridgehead atoms. The molecule has 6 heteroatoms. The lowest BCUT2D eigenvalue weighted by atomic mass is 9.76. The highest BCUT2D eigenvalue weighted by Crippen LogP contribution is 2.33. The first-order valence-corrected chi connectivity index (χ1v) is 6.38. The van der Waals surface area contributed by atoms with E-state index in [4.69, 9.17) is 0 Å². The van der Waals surface area contributed by atoms with E-state index in [0.717, 1.165) is 18.9 Å². The Bertz CT molecular complexity index is 421. The average molecular weight is 252 g/mol. The highest BCUT2D eigenvalue weighted by Gasteiger charge is 2.41. The Morgan fingerprint density at radius 2 is 2.22 bits per heavy atom. The summed E-state index contributed by atoms with van der Waals surface area (Å²) in [5, 5.41) is 16.9. The van der Waals surface area contributed by atoms with E-state index in [1.54, 1.807) is 0 Å². The largest absolute Gasteiger partial charge is 0.481 e. The summed E-state index contributed by atoms with van der Waals surface area (Å²) in [6.45, 7) is 5.55. The SMILES string of the molecule is CC(C)n1ncnc1CC1(C(=O)O)CCNCC1. The van der Waals surface area contributed by atoms with Crippen molar-refractivity contribution in [3.63, 3.8) is 0 Å². The van der Waals surface area contributed by atoms with Gasteiger partial charge in [0.2, 0.25) is 0 Å². The molecule has 0 unspecified atom stereocenters. The van der Waals surface area contributed by atoms with Crippen LogP contribution in [-0.4, -0.2) is 38.9 Å². The molecule has 2 rings (SSSR count). The maximum Gasteiger partial charge on any atom is 0.310 e. The van der Waals surface area contributed by atoms with E-state index in [9.17, 15) is 9.90 Å². The lowest BCUT2D eigenvalue weighted by Crippen LogP contribution is -2.44. The van der Waals surface area contributed by atoms with Gasteiger partial charge in [-0.1, -0.05) is 0 Å². The van der Waals surface area contributed by atoms with Crippen LogP contribution in [0.15, 0.2) is 6.33 Å². The molecule has 2 heterocycles. The van der Waals surface area contributed by atoms with Gasteiger partial charge >= 0.3 is 5.97 Å². The predicted octanol–water partition coefficient (Wildman–Crippen LogP) is 0.856. The molecule has 0 amide bonds. The fourth-order valence-corrected chi connectivity index (χ4v) is 2.51. The van der Waals surface area contributed by atoms with Gasteiger partial charge in [0.1, 0.15) is 12.2 Å². The number of rotatable bonds is 4. The first-order chi connectivity index (χ1) is 8.55. The highest BCUT2D eigenvalue weighted by molar-refractivity contribution is 5.75. The van der Waals surface area contributed by atoms with Crippen molar-refractivity contribution in [3.8, 4) is 0 Å². The predicted molar refractivity (Wildman–Crippen MR) is 66.3 cm³/mol. The molecule has 18 heavy (non-hydrogen) atoms. The smallest absolute Gasteiger partial charge is 0.310 e. The first-order valence-electron chi connectivity index (χ1n) is 6.38. The van der Waals surface area contributed by atoms with Crippen molar-refractivity contribution in [2.75, 3.05) is 13.1 Å². The molecule has 0 spiro atoms. The first kappa shape index (κ1) is 13.0. The molecule has 1 aromatic heterocycles. The molecule has 1 aliphatic heterocycles. The van der Waals surface area contributed by atoms with Crippen molar-refractivity contribution in [1.29, 1.82) is 0 Å². The van der Waals surface area contributed by atoms with Crippen LogP contribution in [0.4, 0.5) is 0 Å². The Labute approximate surface area is 106 Å². The molecule has 1 fully saturated rings. The molecule has 2 N–H and O–H groups in total. The highest BCUT2D eigenvalue weighted by atomic mass is 16.4. The van der Waals surface area contributed by atoms with E-state index in [1.807, 2.05) is 18.5 Å². The van der Waals surface area contributed by atoms with E-state index in [1.165, 1.54) is 6.33 Å². The molecule has 100 valence electrons. The van der Waals surface area contributed by atoms with Crippen LogP contribution in [-0.2, 0) is 11.2 Å². The summed E-state index contributed by atoms with van der Waals surface area (Å²) in [5.41, 5.74) is -0.690. The van der Waals surface area contributed by atoms with Crippen molar-refractivity contribution in [3.05, 3.63) is 12.2 Å². The summed E-state index contributed by atoms with van der Waals surface area (Å²) < 4.78 is 1.81. The summed E-state index contributed by atoms with van der Waals surface area (Å²) in [6, 6.07) is 0.204. The zero-order chi connectivity index (χ0) is 13.2. The summed E-state index contributed by atoms with van der Waals surface area (Å²) in [5.74, 6) is 0.0524. The molecule has 1 saturated heterocycles. The summed E-state index contributed by atoms with van der Waals surface area (Å²) >= 11 is 0. The lowest BCUT2D eigenvalue weighted by molar-refractivity contribution is -0.150. The fourth-order valence-electron chi connectivity index (χ4n) is 2.51. The van der Waals surface area contributed by atoms with Crippen LogP contribution in [0.2, 0.25) is 0 Å². The van der Waals surface area contributed by atoms with Gasteiger partial charge in [0.05, 0.1) is 5.41 Å². The fraction of sp³-hybridized carbons (Fsp3) is 0.750. The quantitative estimate of drug-likeness (QED) is 0.830. The monoisotopic (exact) mass is 252 g/mol. The maximum absolute atomic E-state index is 11.6. The summed E-state index contributed by atoms with van der Waals surface area (Å²) in [4.78, 5) is 15.8. The number of nitrogens with zero attached hydrogens (tertiary/aromatic N) is 3. The number of carboxylic acids is 1. The number of hydrogen-bond donors (Lipinski definition) is 2. The van der Waals surface area contributed by atoms with Crippen LogP contribution in [0, 0.1) is 5.41 Å². The zero-order valence-electron chi connectivity index (χ0n) is 10.9. The minimum atomic E-state index is -0.720. The number of piperidine rings is 1. The number of carboxylic acid groups (broad SMARTS) is 1. The van der Waals surface area contributed by atoms with Crippen molar-refractivity contribution in [1.82, 2.24) is 20.1 Å². The van der Waals surface area contributed by atoms with Crippen molar-refractivity contribution >= 4 is 5.97 Å². The molecule has 6 nitrogen and oxygen atoms in total. The van der Waals surface area contributed by atoms with Gasteiger partial charge in [-0.15, -0.1) is 0 Å². The Morgan fingerprint density at radius 3 is 2.78 bits per heavy atom. The van der Waals surface area contributed by atoms with Crippen LogP contribution < -0.4 is 5.32 Å². The van der Waals surface area contributed by atoms with Gasteiger partial charge in [-0.25, -0.2) is 9.67 Å². The topological polar surface area (TPSA) is 80.0 Å². The van der Waals surface area contributed by atoms with Crippen molar-refractivity contribution in [2.45, 2.75) is 39.2 Å². The second-order valence-corrected chi connectivity index (χ2v) is 5.23. The number of hydrogen-bond acceptors (Lipinski definition) is 4. The zero-order valence-corrected chi connectivity index (χ0v) is 10.9. The van der Waals surface area contributed by atoms with Crippen LogP contribution in [0.3, 0.4) is 0 Å². The van der Waals surface area contributed by atoms with Crippen LogP contribution >= 0.6 is 0 Å². The second kappa shape index (κ2) is 5.06. The van der Waals surface area contributed by atoms with E-state index in [-0.39, 0.29) is 6.04 Å². The Morgan fingerprint density at radius 1 is 1.56 bits per heavy atom. The molecule has 0 aliphatic carbocycles. The molecule has 0 atom stereocenters. The molecular weight excluding hydrogens is 232 g/mol. The number of aliphatic carboxylic acids is 1. The molecule has 1 aromatic rings. The third-order valence-electron chi connectivity index (χ3n) is 3.65. The van der Waals surface area contributed by atoms with Gasteiger partial charge in [-0.3, -0.25) is 4.79 Å². The minimum absolute atomic E-state index is 0.204. The maximum atomic E-state index is 11.6. The number of carbonyl (C=O) groups is 1. The van der Waals surface area contributed by atoms with Gasteiger partial charge in [-0.2, -0.15) is 5.10 Å². The van der Waals surface area contributed by atoms with Gasteiger partial charge in [0.25, 0.3) is 0 Å². The third-order valence-corrected chi connectivity index (χ3v) is 3.65. The third kappa shape index (κ3) is 2.38.